The van der Waals surface area contributed by atoms with Gasteiger partial charge in [0.25, 0.3) is 11.8 Å². The quantitative estimate of drug-likeness (QED) is 0.343. The van der Waals surface area contributed by atoms with Crippen molar-refractivity contribution in [1.82, 2.24) is 5.32 Å². The first-order chi connectivity index (χ1) is 13.8. The lowest BCUT2D eigenvalue weighted by Gasteiger charge is -2.28. The number of carbonyl (C=O) groups is 3. The van der Waals surface area contributed by atoms with Gasteiger partial charge in [-0.25, -0.2) is 4.79 Å². The maximum Gasteiger partial charge on any atom is 0.341 e. The summed E-state index contributed by atoms with van der Waals surface area (Å²) in [6.07, 6.45) is 1.42. The van der Waals surface area contributed by atoms with Crippen molar-refractivity contribution >= 4 is 78.7 Å². The van der Waals surface area contributed by atoms with Crippen LogP contribution in [-0.4, -0.2) is 34.6 Å². The largest absolute Gasteiger partial charge is 0.480 e. The summed E-state index contributed by atoms with van der Waals surface area (Å²) in [5.74, 6) is -1.98. The molecule has 7 nitrogen and oxygen atoms in total. The van der Waals surface area contributed by atoms with Gasteiger partial charge in [-0.05, 0) is 80.0 Å². The Morgan fingerprint density at radius 1 is 1.17 bits per heavy atom. The van der Waals surface area contributed by atoms with Gasteiger partial charge in [-0.1, -0.05) is 18.2 Å². The van der Waals surface area contributed by atoms with Crippen molar-refractivity contribution in [1.29, 1.82) is 0 Å². The Morgan fingerprint density at radius 3 is 2.38 bits per heavy atom. The van der Waals surface area contributed by atoms with E-state index in [1.54, 1.807) is 42.5 Å². The zero-order valence-electron chi connectivity index (χ0n) is 14.5. The van der Waals surface area contributed by atoms with Gasteiger partial charge in [0.05, 0.1) is 14.6 Å². The van der Waals surface area contributed by atoms with Crippen molar-refractivity contribution in [2.45, 2.75) is 0 Å². The van der Waals surface area contributed by atoms with Gasteiger partial charge in [0, 0.05) is 0 Å². The Kier molecular flexibility index (Phi) is 6.46. The maximum absolute atomic E-state index is 13.0. The average molecular weight is 540 g/mol. The minimum absolute atomic E-state index is 0.00290. The number of carboxylic acids is 1. The summed E-state index contributed by atoms with van der Waals surface area (Å²) in [6.45, 7) is -0.512. The number of hydrogen-bond acceptors (Lipinski definition) is 5. The summed E-state index contributed by atoms with van der Waals surface area (Å²) in [6, 6.07) is 12.0. The highest BCUT2D eigenvalue weighted by molar-refractivity contribution is 9.11. The highest BCUT2D eigenvalue weighted by Gasteiger charge is 2.34. The van der Waals surface area contributed by atoms with Crippen LogP contribution < -0.4 is 15.0 Å². The molecule has 0 unspecified atom stereocenters. The molecule has 1 aliphatic rings. The number of benzene rings is 2. The van der Waals surface area contributed by atoms with Gasteiger partial charge in [-0.3, -0.25) is 19.8 Å². The van der Waals surface area contributed by atoms with Gasteiger partial charge >= 0.3 is 5.97 Å². The van der Waals surface area contributed by atoms with Crippen molar-refractivity contribution in [3.8, 4) is 5.75 Å². The minimum Gasteiger partial charge on any atom is -0.480 e. The predicted molar refractivity (Wildman–Crippen MR) is 118 cm³/mol. The van der Waals surface area contributed by atoms with E-state index in [2.05, 4.69) is 37.2 Å². The molecule has 0 aliphatic carbocycles. The van der Waals surface area contributed by atoms with Gasteiger partial charge in [-0.2, -0.15) is 0 Å². The van der Waals surface area contributed by atoms with Crippen LogP contribution in [0.1, 0.15) is 5.56 Å². The number of hydrogen-bond donors (Lipinski definition) is 2. The zero-order valence-corrected chi connectivity index (χ0v) is 18.5. The first-order valence-corrected chi connectivity index (χ1v) is 10.1. The molecule has 2 aromatic carbocycles. The van der Waals surface area contributed by atoms with Crippen LogP contribution in [-0.2, 0) is 14.4 Å². The number of para-hydroxylation sites is 1. The number of rotatable bonds is 5. The number of carbonyl (C=O) groups excluding carboxylic acids is 2. The first-order valence-electron chi connectivity index (χ1n) is 8.08. The Morgan fingerprint density at radius 2 is 1.79 bits per heavy atom. The van der Waals surface area contributed by atoms with Gasteiger partial charge < -0.3 is 9.84 Å². The predicted octanol–water partition coefficient (Wildman–Crippen LogP) is 3.51. The van der Waals surface area contributed by atoms with Gasteiger partial charge in [0.15, 0.2) is 11.7 Å². The van der Waals surface area contributed by atoms with E-state index < -0.39 is 24.4 Å². The van der Waals surface area contributed by atoms with Crippen LogP contribution in [0.2, 0.25) is 0 Å². The molecule has 0 spiro atoms. The maximum atomic E-state index is 13.0. The molecule has 0 bridgehead atoms. The third kappa shape index (κ3) is 4.72. The van der Waals surface area contributed by atoms with E-state index in [-0.39, 0.29) is 10.7 Å². The monoisotopic (exact) mass is 538 g/mol. The molecule has 3 rings (SSSR count). The summed E-state index contributed by atoms with van der Waals surface area (Å²) in [4.78, 5) is 37.3. The van der Waals surface area contributed by atoms with Crippen molar-refractivity contribution in [2.75, 3.05) is 11.5 Å². The third-order valence-electron chi connectivity index (χ3n) is 3.79. The molecule has 1 aliphatic heterocycles. The second-order valence-electron chi connectivity index (χ2n) is 5.79. The number of ether oxygens (including phenoxy) is 1. The summed E-state index contributed by atoms with van der Waals surface area (Å²) in [5, 5.41) is 11.3. The van der Waals surface area contributed by atoms with Crippen molar-refractivity contribution in [2.24, 2.45) is 0 Å². The third-order valence-corrected chi connectivity index (χ3v) is 5.25. The molecule has 1 heterocycles. The number of anilines is 1. The second-order valence-corrected chi connectivity index (χ2v) is 7.88. The molecule has 0 saturated carbocycles. The number of nitrogens with one attached hydrogen (secondary N) is 1. The Hall–Kier alpha value is -2.56. The second kappa shape index (κ2) is 8.85. The van der Waals surface area contributed by atoms with Crippen LogP contribution in [0.3, 0.4) is 0 Å². The topological polar surface area (TPSA) is 95.9 Å². The van der Waals surface area contributed by atoms with E-state index in [1.165, 1.54) is 11.0 Å². The van der Waals surface area contributed by atoms with Crippen LogP contribution in [0.4, 0.5) is 5.69 Å². The minimum atomic E-state index is -1.11. The van der Waals surface area contributed by atoms with E-state index in [0.717, 1.165) is 0 Å². The Balaban J connectivity index is 1.96. The molecule has 0 atom stereocenters. The van der Waals surface area contributed by atoms with E-state index in [1.807, 2.05) is 0 Å². The SMILES string of the molecule is O=C(O)COc1c(Br)cc(/C=C2\C(=O)NC(=S)N(c3ccccc3)C2=O)cc1Br. The average Bonchev–Trinajstić information content (AvgIpc) is 2.65. The van der Waals surface area contributed by atoms with Gasteiger partial charge in [0.1, 0.15) is 11.3 Å². The lowest BCUT2D eigenvalue weighted by molar-refractivity contribution is -0.139. The number of amides is 2. The van der Waals surface area contributed by atoms with E-state index in [9.17, 15) is 14.4 Å². The molecule has 2 N–H and O–H groups in total. The van der Waals surface area contributed by atoms with Crippen LogP contribution in [0.15, 0.2) is 57.0 Å². The highest BCUT2D eigenvalue weighted by Crippen LogP contribution is 2.35. The molecular weight excluding hydrogens is 528 g/mol. The van der Waals surface area contributed by atoms with Crippen molar-refractivity contribution < 1.29 is 24.2 Å². The number of halogens is 2. The molecule has 1 saturated heterocycles. The Bertz CT molecular complexity index is 1030. The smallest absolute Gasteiger partial charge is 0.341 e. The standard InChI is InChI=1S/C19H12Br2N2O5S/c20-13-7-10(8-14(21)16(13)28-9-15(24)25)6-12-17(26)22-19(29)23(18(12)27)11-4-2-1-3-5-11/h1-8H,9H2,(H,24,25)(H,22,26,29)/b12-6+. The molecule has 29 heavy (non-hydrogen) atoms. The molecule has 2 aromatic rings. The lowest BCUT2D eigenvalue weighted by Crippen LogP contribution is -2.54. The fourth-order valence-electron chi connectivity index (χ4n) is 2.57. The van der Waals surface area contributed by atoms with Crippen molar-refractivity contribution in [3.63, 3.8) is 0 Å². The lowest BCUT2D eigenvalue weighted by atomic mass is 10.1. The van der Waals surface area contributed by atoms with Crippen LogP contribution in [0.5, 0.6) is 5.75 Å². The molecule has 1 fully saturated rings. The molecular formula is C19H12Br2N2O5S. The molecule has 10 heteroatoms. The van der Waals surface area contributed by atoms with E-state index >= 15 is 0 Å². The number of nitrogens with zero attached hydrogens (tertiary/aromatic N) is 1. The number of carboxylic acid groups (broad SMARTS) is 1. The number of aliphatic carboxylic acids is 1. The summed E-state index contributed by atoms with van der Waals surface area (Å²) in [7, 11) is 0. The first kappa shape index (κ1) is 21.2. The molecule has 0 radical (unpaired) electrons. The van der Waals surface area contributed by atoms with E-state index in [0.29, 0.717) is 25.9 Å². The molecule has 148 valence electrons. The molecule has 0 aromatic heterocycles. The molecule has 2 amide bonds. The van der Waals surface area contributed by atoms with Crippen LogP contribution in [0, 0.1) is 0 Å². The Labute approximate surface area is 187 Å². The summed E-state index contributed by atoms with van der Waals surface area (Å²) in [5.41, 5.74) is 0.958. The van der Waals surface area contributed by atoms with Crippen molar-refractivity contribution in [3.05, 3.63) is 62.5 Å². The number of thiocarbonyl (C=S) groups is 1. The fraction of sp³-hybridized carbons (Fsp3) is 0.0526. The normalized spacial score (nSPS) is 15.4. The highest BCUT2D eigenvalue weighted by atomic mass is 79.9. The zero-order chi connectivity index (χ0) is 21.1. The van der Waals surface area contributed by atoms with Crippen LogP contribution >= 0.6 is 44.1 Å². The van der Waals surface area contributed by atoms with Gasteiger partial charge in [-0.15, -0.1) is 0 Å². The summed E-state index contributed by atoms with van der Waals surface area (Å²) >= 11 is 11.8. The fourth-order valence-corrected chi connectivity index (χ4v) is 4.30. The summed E-state index contributed by atoms with van der Waals surface area (Å²) < 4.78 is 6.13. The van der Waals surface area contributed by atoms with E-state index in [4.69, 9.17) is 22.1 Å². The van der Waals surface area contributed by atoms with Crippen LogP contribution in [0.25, 0.3) is 6.08 Å². The van der Waals surface area contributed by atoms with Gasteiger partial charge in [0.2, 0.25) is 0 Å².